The van der Waals surface area contributed by atoms with Crippen LogP contribution in [0, 0.1) is 11.3 Å². The molecule has 2 N–H and O–H groups in total. The molecule has 0 spiro atoms. The molecule has 1 saturated heterocycles. The van der Waals surface area contributed by atoms with Gasteiger partial charge in [0.2, 0.25) is 11.9 Å². The van der Waals surface area contributed by atoms with E-state index >= 15 is 0 Å². The lowest BCUT2D eigenvalue weighted by Gasteiger charge is -2.39. The first-order chi connectivity index (χ1) is 28.9. The quantitative estimate of drug-likeness (QED) is 0.0511. The summed E-state index contributed by atoms with van der Waals surface area (Å²) in [5.74, 6) is 0.897. The van der Waals surface area contributed by atoms with Crippen molar-refractivity contribution < 1.29 is 37.5 Å². The smallest absolute Gasteiger partial charge is 0.280 e. The minimum absolute atomic E-state index is 0.00333. The molecule has 3 heterocycles. The van der Waals surface area contributed by atoms with Crippen molar-refractivity contribution >= 4 is 31.5 Å². The SMILES string of the molecule is COc1ccc(C(OC[C@H]2O[C@@H](n3cnc4c(=O)[nH]c(NC(C)=O)nc43)[C@H](OC)[C@@H]2OP(OCCC#N)N(C(C)C)C(C)C)(c2ccccc2)c2ccc(OC)cc2)cc1. The lowest BCUT2D eigenvalue weighted by molar-refractivity contribution is -0.114. The summed E-state index contributed by atoms with van der Waals surface area (Å²) >= 11 is 0. The first kappa shape index (κ1) is 44.3. The Morgan fingerprint density at radius 2 is 1.55 bits per heavy atom. The van der Waals surface area contributed by atoms with Crippen LogP contribution in [-0.2, 0) is 33.7 Å². The number of nitrogens with zero attached hydrogens (tertiary/aromatic N) is 5. The van der Waals surface area contributed by atoms with Gasteiger partial charge in [0.1, 0.15) is 35.4 Å². The molecule has 0 aliphatic carbocycles. The van der Waals surface area contributed by atoms with E-state index in [-0.39, 0.29) is 48.8 Å². The van der Waals surface area contributed by atoms with Crippen molar-refractivity contribution in [3.05, 3.63) is 112 Å². The number of anilines is 1. The largest absolute Gasteiger partial charge is 0.497 e. The number of nitriles is 1. The van der Waals surface area contributed by atoms with Crippen molar-refractivity contribution in [3.8, 4) is 17.6 Å². The molecule has 6 rings (SSSR count). The van der Waals surface area contributed by atoms with E-state index in [9.17, 15) is 14.9 Å². The van der Waals surface area contributed by atoms with Crippen LogP contribution in [0.15, 0.2) is 90.0 Å². The molecular weight excluding hydrogens is 789 g/mol. The maximum atomic E-state index is 13.2. The monoisotopic (exact) mass is 841 g/mol. The van der Waals surface area contributed by atoms with E-state index < -0.39 is 50.1 Å². The van der Waals surface area contributed by atoms with Crippen LogP contribution < -0.4 is 20.3 Å². The highest BCUT2D eigenvalue weighted by atomic mass is 31.2. The van der Waals surface area contributed by atoms with E-state index in [1.807, 2.05) is 78.9 Å². The van der Waals surface area contributed by atoms with Gasteiger partial charge >= 0.3 is 0 Å². The number of methoxy groups -OCH3 is 3. The Kier molecular flexibility index (Phi) is 14.7. The molecule has 0 bridgehead atoms. The summed E-state index contributed by atoms with van der Waals surface area (Å²) in [6, 6.07) is 27.5. The molecule has 0 saturated carbocycles. The molecule has 2 aromatic heterocycles. The molecule has 1 amide bonds. The van der Waals surface area contributed by atoms with Gasteiger partial charge in [-0.3, -0.25) is 24.5 Å². The van der Waals surface area contributed by atoms with E-state index in [2.05, 4.69) is 58.7 Å². The van der Waals surface area contributed by atoms with Crippen LogP contribution in [0.25, 0.3) is 11.2 Å². The number of carbonyl (C=O) groups excluding carboxylic acids is 1. The van der Waals surface area contributed by atoms with Crippen molar-refractivity contribution in [2.24, 2.45) is 0 Å². The van der Waals surface area contributed by atoms with Gasteiger partial charge in [-0.15, -0.1) is 0 Å². The first-order valence-electron chi connectivity index (χ1n) is 19.6. The summed E-state index contributed by atoms with van der Waals surface area (Å²) in [6.45, 7) is 9.64. The maximum absolute atomic E-state index is 13.2. The lowest BCUT2D eigenvalue weighted by atomic mass is 9.80. The molecule has 0 radical (unpaired) electrons. The number of H-pyrrole nitrogens is 1. The van der Waals surface area contributed by atoms with Crippen LogP contribution in [0.4, 0.5) is 5.95 Å². The fourth-order valence-electron chi connectivity index (χ4n) is 7.46. The number of rotatable bonds is 19. The molecular formula is C43H52N7O9P. The highest BCUT2D eigenvalue weighted by molar-refractivity contribution is 7.44. The second kappa shape index (κ2) is 19.9. The minimum Gasteiger partial charge on any atom is -0.497 e. The number of nitrogens with one attached hydrogen (secondary N) is 2. The zero-order chi connectivity index (χ0) is 43.0. The maximum Gasteiger partial charge on any atom is 0.280 e. The molecule has 1 aliphatic rings. The molecule has 5 aromatic rings. The van der Waals surface area contributed by atoms with Gasteiger partial charge in [-0.25, -0.2) is 9.65 Å². The molecule has 1 aliphatic heterocycles. The minimum atomic E-state index is -1.80. The average Bonchev–Trinajstić information content (AvgIpc) is 3.82. The van der Waals surface area contributed by atoms with Crippen molar-refractivity contribution in [2.45, 2.75) is 83.3 Å². The number of fused-ring (bicyclic) bond motifs is 1. The predicted molar refractivity (Wildman–Crippen MR) is 226 cm³/mol. The summed E-state index contributed by atoms with van der Waals surface area (Å²) in [5, 5.41) is 12.0. The molecule has 17 heteroatoms. The van der Waals surface area contributed by atoms with Crippen molar-refractivity contribution in [2.75, 3.05) is 39.9 Å². The molecule has 5 atom stereocenters. The fourth-order valence-corrected chi connectivity index (χ4v) is 9.23. The van der Waals surface area contributed by atoms with Crippen LogP contribution in [0.3, 0.4) is 0 Å². The molecule has 1 fully saturated rings. The summed E-state index contributed by atoms with van der Waals surface area (Å²) in [5.41, 5.74) is 0.924. The summed E-state index contributed by atoms with van der Waals surface area (Å²) in [7, 11) is 2.99. The second-order valence-electron chi connectivity index (χ2n) is 14.6. The number of aromatic nitrogens is 4. The number of benzene rings is 3. The third kappa shape index (κ3) is 9.38. The average molecular weight is 842 g/mol. The highest BCUT2D eigenvalue weighted by Crippen LogP contribution is 2.51. The Morgan fingerprint density at radius 1 is 0.950 bits per heavy atom. The number of aromatic amines is 1. The lowest BCUT2D eigenvalue weighted by Crippen LogP contribution is -2.42. The Labute approximate surface area is 350 Å². The van der Waals surface area contributed by atoms with E-state index in [1.165, 1.54) is 13.3 Å². The summed E-state index contributed by atoms with van der Waals surface area (Å²) in [6.07, 6.45) is -1.85. The number of carbonyl (C=O) groups is 1. The van der Waals surface area contributed by atoms with Gasteiger partial charge in [-0.2, -0.15) is 10.2 Å². The Bertz CT molecular complexity index is 2230. The summed E-state index contributed by atoms with van der Waals surface area (Å²) < 4.78 is 48.8. The standard InChI is InChI=1S/C43H52N7O9P/c1-27(2)50(28(3)4)60(57-24-12-23-44)59-37-35(58-41(38(37)55-8)49-26-45-36-39(49)47-42(46-29(5)51)48-40(36)52)25-56-43(30-13-10-9-11-14-30,31-15-19-33(53-6)20-16-31)32-17-21-34(54-7)22-18-32/h9-11,13-22,26-28,35,37-38,41H,12,24-25H2,1-8H3,(H2,46,47,48,51,52)/t35-,37-,38-,41-,60?/m1/s1. The molecule has 1 unspecified atom stereocenters. The third-order valence-electron chi connectivity index (χ3n) is 10.1. The first-order valence-corrected chi connectivity index (χ1v) is 20.7. The predicted octanol–water partition coefficient (Wildman–Crippen LogP) is 6.68. The fraction of sp³-hybridized carbons (Fsp3) is 0.419. The van der Waals surface area contributed by atoms with Crippen LogP contribution in [0.5, 0.6) is 11.5 Å². The zero-order valence-corrected chi connectivity index (χ0v) is 35.9. The Morgan fingerprint density at radius 3 is 2.08 bits per heavy atom. The van der Waals surface area contributed by atoms with Crippen molar-refractivity contribution in [3.63, 3.8) is 0 Å². The second-order valence-corrected chi connectivity index (χ2v) is 16.0. The van der Waals surface area contributed by atoms with E-state index in [1.54, 1.807) is 25.9 Å². The number of ether oxygens (including phenoxy) is 5. The van der Waals surface area contributed by atoms with Gasteiger partial charge in [0.25, 0.3) is 14.1 Å². The number of hydrogen-bond donors (Lipinski definition) is 2. The van der Waals surface area contributed by atoms with Crippen LogP contribution in [-0.4, -0.2) is 95.0 Å². The number of hydrogen-bond acceptors (Lipinski definition) is 13. The van der Waals surface area contributed by atoms with Gasteiger partial charge in [-0.1, -0.05) is 54.6 Å². The Hall–Kier alpha value is -5.24. The van der Waals surface area contributed by atoms with Crippen LogP contribution in [0.1, 0.15) is 64.0 Å². The van der Waals surface area contributed by atoms with Gasteiger partial charge in [0, 0.05) is 26.1 Å². The van der Waals surface area contributed by atoms with E-state index in [0.717, 1.165) is 16.7 Å². The molecule has 3 aromatic carbocycles. The topological polar surface area (TPSA) is 184 Å². The van der Waals surface area contributed by atoms with Crippen molar-refractivity contribution in [1.82, 2.24) is 24.2 Å². The van der Waals surface area contributed by atoms with Crippen LogP contribution in [0.2, 0.25) is 0 Å². The van der Waals surface area contributed by atoms with Crippen molar-refractivity contribution in [1.29, 1.82) is 5.26 Å². The Balaban J connectivity index is 1.50. The number of amides is 1. The zero-order valence-electron chi connectivity index (χ0n) is 35.0. The molecule has 318 valence electrons. The number of imidazole rings is 1. The van der Waals surface area contributed by atoms with Gasteiger partial charge < -0.3 is 32.7 Å². The normalized spacial score (nSPS) is 18.6. The summed E-state index contributed by atoms with van der Waals surface area (Å²) in [4.78, 5) is 36.6. The molecule has 60 heavy (non-hydrogen) atoms. The van der Waals surface area contributed by atoms with Crippen LogP contribution >= 0.6 is 8.53 Å². The van der Waals surface area contributed by atoms with Gasteiger partial charge in [0.05, 0.1) is 46.3 Å². The van der Waals surface area contributed by atoms with Gasteiger partial charge in [-0.05, 0) is 68.7 Å². The highest BCUT2D eigenvalue weighted by Gasteiger charge is 2.51. The third-order valence-corrected chi connectivity index (χ3v) is 12.2. The van der Waals surface area contributed by atoms with Gasteiger partial charge in [0.15, 0.2) is 17.4 Å². The van der Waals surface area contributed by atoms with E-state index in [0.29, 0.717) is 11.5 Å². The molecule has 16 nitrogen and oxygen atoms in total. The van der Waals surface area contributed by atoms with E-state index in [4.69, 9.17) is 32.7 Å².